The average Bonchev–Trinajstić information content (AvgIpc) is 3.22. The lowest BCUT2D eigenvalue weighted by Crippen LogP contribution is -2.70. The van der Waals surface area contributed by atoms with Gasteiger partial charge in [0.25, 0.3) is 0 Å². The molecule has 2 unspecified atom stereocenters. The van der Waals surface area contributed by atoms with Crippen molar-refractivity contribution in [3.8, 4) is 0 Å². The highest BCUT2D eigenvalue weighted by molar-refractivity contribution is 8.01. The lowest BCUT2D eigenvalue weighted by molar-refractivity contribution is -0.161. The van der Waals surface area contributed by atoms with Crippen LogP contribution in [0.2, 0.25) is 0 Å². The van der Waals surface area contributed by atoms with Crippen LogP contribution >= 0.6 is 11.8 Å². The quantitative estimate of drug-likeness (QED) is 0.311. The molecule has 2 amide bonds. The summed E-state index contributed by atoms with van der Waals surface area (Å²) >= 11 is 1.42. The van der Waals surface area contributed by atoms with Gasteiger partial charge in [0, 0.05) is 4.75 Å². The van der Waals surface area contributed by atoms with Crippen molar-refractivity contribution in [1.82, 2.24) is 15.5 Å². The van der Waals surface area contributed by atoms with E-state index in [1.54, 1.807) is 0 Å². The maximum Gasteiger partial charge on any atom is 0.327 e. The third-order valence-electron chi connectivity index (χ3n) is 7.13. The van der Waals surface area contributed by atoms with Gasteiger partial charge in [-0.3, -0.25) is 9.59 Å². The van der Waals surface area contributed by atoms with Gasteiger partial charge in [0.1, 0.15) is 17.5 Å². The molecule has 5 atom stereocenters. The Morgan fingerprint density at radius 1 is 0.925 bits per heavy atom. The smallest absolute Gasteiger partial charge is 0.327 e. The largest absolute Gasteiger partial charge is 0.480 e. The second-order valence-electron chi connectivity index (χ2n) is 10.3. The van der Waals surface area contributed by atoms with Gasteiger partial charge in [0.2, 0.25) is 11.8 Å². The van der Waals surface area contributed by atoms with Crippen LogP contribution in [0.4, 0.5) is 0 Å². The Morgan fingerprint density at radius 2 is 1.45 bits per heavy atom. The second kappa shape index (κ2) is 12.7. The van der Waals surface area contributed by atoms with Crippen LogP contribution in [0.1, 0.15) is 42.7 Å². The van der Waals surface area contributed by atoms with Crippen molar-refractivity contribution in [1.29, 1.82) is 0 Å². The minimum absolute atomic E-state index is 0.0846. The number of aliphatic carboxylic acids is 1. The molecule has 3 aromatic carbocycles. The van der Waals surface area contributed by atoms with Gasteiger partial charge < -0.3 is 25.7 Å². The van der Waals surface area contributed by atoms with Gasteiger partial charge in [0.05, 0.1) is 18.6 Å². The first-order valence-electron chi connectivity index (χ1n) is 13.2. The second-order valence-corrected chi connectivity index (χ2v) is 12.1. The fourth-order valence-corrected chi connectivity index (χ4v) is 6.79. The molecule has 40 heavy (non-hydrogen) atoms. The summed E-state index contributed by atoms with van der Waals surface area (Å²) in [5, 5.41) is 25.3. The van der Waals surface area contributed by atoms with Crippen molar-refractivity contribution >= 4 is 29.5 Å². The standard InChI is InChI=1S/C16H18N2O4S.C15H17NO/c1-16(2)12(15(21)22)18-13(20)11(14(18)23-16)17-10(19)8-9-6-4-3-5-7-9;1-16-14(12-8-4-2-5-9-12)15(17)13-10-6-3-7-11-13/h3-7,11-12,14H,8H2,1-2H3,(H,17,19)(H,21,22);2-11,14-17H,1H3/t11-,12+,14-;/m1./s1. The summed E-state index contributed by atoms with van der Waals surface area (Å²) in [7, 11) is 1.86. The molecule has 0 spiro atoms. The Morgan fingerprint density at radius 3 is 1.98 bits per heavy atom. The topological polar surface area (TPSA) is 119 Å². The number of hydrogen-bond acceptors (Lipinski definition) is 6. The minimum Gasteiger partial charge on any atom is -0.480 e. The van der Waals surface area contributed by atoms with E-state index in [1.165, 1.54) is 16.7 Å². The van der Waals surface area contributed by atoms with Crippen LogP contribution < -0.4 is 10.6 Å². The molecule has 2 heterocycles. The number of amides is 2. The Bertz CT molecular complexity index is 1310. The number of aliphatic hydroxyl groups excluding tert-OH is 1. The number of nitrogens with one attached hydrogen (secondary N) is 2. The molecule has 2 aliphatic rings. The van der Waals surface area contributed by atoms with Crippen LogP contribution in [-0.2, 0) is 20.8 Å². The number of aliphatic hydroxyl groups is 1. The molecule has 4 N–H and O–H groups in total. The zero-order valence-corrected chi connectivity index (χ0v) is 23.5. The molecule has 210 valence electrons. The first kappa shape index (κ1) is 29.3. The average molecular weight is 562 g/mol. The SMILES string of the molecule is CC1(C)S[C@@H]2[C@H](NC(=O)Cc3ccccc3)C(=O)N2[C@H]1C(=O)O.CNC(c1ccccc1)C(O)c1ccccc1. The predicted octanol–water partition coefficient (Wildman–Crippen LogP) is 3.54. The number of carboxylic acid groups (broad SMARTS) is 1. The first-order valence-corrected chi connectivity index (χ1v) is 14.0. The fourth-order valence-electron chi connectivity index (χ4n) is 5.16. The molecule has 0 bridgehead atoms. The lowest BCUT2D eigenvalue weighted by atomic mass is 9.96. The highest BCUT2D eigenvalue weighted by Crippen LogP contribution is 2.50. The number of rotatable bonds is 8. The molecule has 8 nitrogen and oxygen atoms in total. The maximum atomic E-state index is 12.3. The number of hydrogen-bond donors (Lipinski definition) is 4. The van der Waals surface area contributed by atoms with E-state index in [0.29, 0.717) is 0 Å². The minimum atomic E-state index is -1.01. The normalized spacial score (nSPS) is 22.1. The maximum absolute atomic E-state index is 12.3. The van der Waals surface area contributed by atoms with Gasteiger partial charge in [-0.1, -0.05) is 91.0 Å². The van der Waals surface area contributed by atoms with Gasteiger partial charge in [0.15, 0.2) is 0 Å². The van der Waals surface area contributed by atoms with E-state index < -0.39 is 28.9 Å². The van der Waals surface area contributed by atoms with E-state index in [1.807, 2.05) is 112 Å². The molecule has 5 rings (SSSR count). The van der Waals surface area contributed by atoms with Crippen LogP contribution in [0.5, 0.6) is 0 Å². The number of fused-ring (bicyclic) bond motifs is 1. The number of thioether (sulfide) groups is 1. The van der Waals surface area contributed by atoms with E-state index in [-0.39, 0.29) is 29.7 Å². The Balaban J connectivity index is 0.000000194. The van der Waals surface area contributed by atoms with Gasteiger partial charge >= 0.3 is 5.97 Å². The van der Waals surface area contributed by atoms with Crippen molar-refractivity contribution in [2.24, 2.45) is 0 Å². The molecule has 9 heteroatoms. The zero-order valence-electron chi connectivity index (χ0n) is 22.7. The molecular formula is C31H35N3O5S. The van der Waals surface area contributed by atoms with Gasteiger partial charge in [-0.2, -0.15) is 0 Å². The molecule has 2 fully saturated rings. The molecule has 0 saturated carbocycles. The van der Waals surface area contributed by atoms with Crippen LogP contribution in [0.15, 0.2) is 91.0 Å². The molecule has 3 aromatic rings. The van der Waals surface area contributed by atoms with E-state index in [0.717, 1.165) is 16.7 Å². The van der Waals surface area contributed by atoms with Crippen molar-refractivity contribution in [3.05, 3.63) is 108 Å². The summed E-state index contributed by atoms with van der Waals surface area (Å²) in [6.07, 6.45) is -0.336. The Hall–Kier alpha value is -3.66. The number of carbonyl (C=O) groups excluding carboxylic acids is 2. The first-order chi connectivity index (χ1) is 19.1. The third-order valence-corrected chi connectivity index (χ3v) is 8.70. The predicted molar refractivity (Wildman–Crippen MR) is 155 cm³/mol. The van der Waals surface area contributed by atoms with Crippen LogP contribution in [0, 0.1) is 0 Å². The van der Waals surface area contributed by atoms with Crippen molar-refractivity contribution in [2.75, 3.05) is 7.05 Å². The van der Waals surface area contributed by atoms with Crippen LogP contribution in [0.3, 0.4) is 0 Å². The molecule has 0 aromatic heterocycles. The lowest BCUT2D eigenvalue weighted by Gasteiger charge is -2.43. The number of nitrogens with zero attached hydrogens (tertiary/aromatic N) is 1. The summed E-state index contributed by atoms with van der Waals surface area (Å²) in [6, 6.07) is 27.4. The Kier molecular flexibility index (Phi) is 9.29. The summed E-state index contributed by atoms with van der Waals surface area (Å²) in [5.41, 5.74) is 2.89. The van der Waals surface area contributed by atoms with E-state index in [4.69, 9.17) is 0 Å². The highest BCUT2D eigenvalue weighted by Gasteiger charge is 2.64. The van der Waals surface area contributed by atoms with E-state index in [9.17, 15) is 24.6 Å². The molecule has 0 aliphatic carbocycles. The number of carboxylic acids is 1. The third kappa shape index (κ3) is 6.38. The summed E-state index contributed by atoms with van der Waals surface area (Å²) < 4.78 is -0.578. The monoisotopic (exact) mass is 561 g/mol. The zero-order chi connectivity index (χ0) is 28.9. The van der Waals surface area contributed by atoms with E-state index >= 15 is 0 Å². The summed E-state index contributed by atoms with van der Waals surface area (Å²) in [6.45, 7) is 3.62. The molecule has 2 aliphatic heterocycles. The summed E-state index contributed by atoms with van der Waals surface area (Å²) in [5.74, 6) is -1.55. The molecule has 0 radical (unpaired) electrons. The number of benzene rings is 3. The van der Waals surface area contributed by atoms with Crippen molar-refractivity contribution < 1.29 is 24.6 Å². The molecular weight excluding hydrogens is 526 g/mol. The summed E-state index contributed by atoms with van der Waals surface area (Å²) in [4.78, 5) is 37.2. The van der Waals surface area contributed by atoms with Crippen LogP contribution in [0.25, 0.3) is 0 Å². The number of likely N-dealkylation sites (N-methyl/N-ethyl adjacent to an activating group) is 1. The van der Waals surface area contributed by atoms with Gasteiger partial charge in [-0.15, -0.1) is 11.8 Å². The van der Waals surface area contributed by atoms with Gasteiger partial charge in [-0.25, -0.2) is 4.79 Å². The van der Waals surface area contributed by atoms with Crippen molar-refractivity contribution in [3.63, 3.8) is 0 Å². The highest BCUT2D eigenvalue weighted by atomic mass is 32.2. The van der Waals surface area contributed by atoms with Crippen LogP contribution in [-0.4, -0.2) is 62.1 Å². The fraction of sp³-hybridized carbons (Fsp3) is 0.323. The molecule has 2 saturated heterocycles. The Labute approximate surface area is 238 Å². The van der Waals surface area contributed by atoms with Crippen molar-refractivity contribution in [2.45, 2.75) is 54.6 Å². The van der Waals surface area contributed by atoms with E-state index in [2.05, 4.69) is 10.6 Å². The number of carbonyl (C=O) groups is 3. The number of β-lactam (4-membered cyclic amide) rings is 1. The van der Waals surface area contributed by atoms with Gasteiger partial charge in [-0.05, 0) is 37.6 Å².